The predicted octanol–water partition coefficient (Wildman–Crippen LogP) is 0.742. The monoisotopic (exact) mass is 256 g/mol. The molecule has 1 rings (SSSR count). The van der Waals surface area contributed by atoms with E-state index in [1.165, 1.54) is 0 Å². The number of alkyl halides is 3. The second kappa shape index (κ2) is 4.60. The van der Waals surface area contributed by atoms with Crippen LogP contribution in [0.3, 0.4) is 0 Å². The summed E-state index contributed by atoms with van der Waals surface area (Å²) in [4.78, 5) is 13.9. The number of nitrogen functional groups attached to an aromatic ring is 1. The quantitative estimate of drug-likeness (QED) is 0.686. The molecule has 1 atom stereocenters. The second-order valence-corrected chi connectivity index (χ2v) is 3.73. The van der Waals surface area contributed by atoms with Gasteiger partial charge in [-0.05, 0) is 0 Å². The van der Waals surface area contributed by atoms with Crippen LogP contribution < -0.4 is 5.73 Å². The van der Waals surface area contributed by atoms with Crippen molar-refractivity contribution in [3.8, 4) is 0 Å². The van der Waals surface area contributed by atoms with Crippen molar-refractivity contribution < 1.29 is 23.1 Å². The fourth-order valence-electron chi connectivity index (χ4n) is 0.786. The van der Waals surface area contributed by atoms with E-state index in [4.69, 9.17) is 10.8 Å². The Kier molecular flexibility index (Phi) is 3.62. The van der Waals surface area contributed by atoms with E-state index >= 15 is 0 Å². The number of anilines is 1. The third-order valence-electron chi connectivity index (χ3n) is 1.55. The van der Waals surface area contributed by atoms with Gasteiger partial charge in [-0.1, -0.05) is 11.8 Å². The number of nitrogens with one attached hydrogen (secondary N) is 1. The SMILES string of the molecule is Nc1nc(SCC(C(=O)O)C(F)(F)F)n[nH]1. The number of aliphatic carboxylic acids is 1. The van der Waals surface area contributed by atoms with E-state index in [1.54, 1.807) is 0 Å². The number of carboxylic acid groups (broad SMARTS) is 1. The summed E-state index contributed by atoms with van der Waals surface area (Å²) in [5, 5.41) is 14.1. The number of H-pyrrole nitrogens is 1. The molecule has 1 aromatic rings. The number of aromatic nitrogens is 3. The van der Waals surface area contributed by atoms with Crippen LogP contribution in [0, 0.1) is 5.92 Å². The van der Waals surface area contributed by atoms with Gasteiger partial charge in [0.2, 0.25) is 11.1 Å². The molecule has 4 N–H and O–H groups in total. The van der Waals surface area contributed by atoms with Crippen molar-refractivity contribution in [2.75, 3.05) is 11.5 Å². The minimum atomic E-state index is -4.79. The average Bonchev–Trinajstić information content (AvgIpc) is 2.48. The van der Waals surface area contributed by atoms with Gasteiger partial charge in [-0.2, -0.15) is 18.2 Å². The first kappa shape index (κ1) is 12.6. The van der Waals surface area contributed by atoms with Gasteiger partial charge in [-0.3, -0.25) is 4.79 Å². The van der Waals surface area contributed by atoms with E-state index < -0.39 is 23.8 Å². The molecule has 1 aromatic heterocycles. The zero-order chi connectivity index (χ0) is 12.3. The van der Waals surface area contributed by atoms with E-state index in [-0.39, 0.29) is 11.1 Å². The summed E-state index contributed by atoms with van der Waals surface area (Å²) < 4.78 is 36.6. The number of rotatable bonds is 4. The highest BCUT2D eigenvalue weighted by molar-refractivity contribution is 7.99. The zero-order valence-electron chi connectivity index (χ0n) is 7.65. The molecular formula is C6H7F3N4O2S. The van der Waals surface area contributed by atoms with Crippen molar-refractivity contribution in [1.29, 1.82) is 0 Å². The number of nitrogens with zero attached hydrogens (tertiary/aromatic N) is 2. The molecule has 0 radical (unpaired) electrons. The molecule has 90 valence electrons. The van der Waals surface area contributed by atoms with Crippen molar-refractivity contribution >= 4 is 23.7 Å². The van der Waals surface area contributed by atoms with Crippen LogP contribution in [-0.4, -0.2) is 38.2 Å². The van der Waals surface area contributed by atoms with Crippen LogP contribution >= 0.6 is 11.8 Å². The highest BCUT2D eigenvalue weighted by Crippen LogP contribution is 2.30. The van der Waals surface area contributed by atoms with E-state index in [1.807, 2.05) is 0 Å². The van der Waals surface area contributed by atoms with Crippen LogP contribution in [-0.2, 0) is 4.79 Å². The van der Waals surface area contributed by atoms with Crippen LogP contribution in [0.1, 0.15) is 0 Å². The van der Waals surface area contributed by atoms with Crippen LogP contribution in [0.5, 0.6) is 0 Å². The number of halogens is 3. The summed E-state index contributed by atoms with van der Waals surface area (Å²) in [7, 11) is 0. The lowest BCUT2D eigenvalue weighted by molar-refractivity contribution is -0.188. The van der Waals surface area contributed by atoms with E-state index in [2.05, 4.69) is 15.2 Å². The van der Waals surface area contributed by atoms with Gasteiger partial charge in [-0.15, -0.1) is 5.10 Å². The maximum absolute atomic E-state index is 12.2. The third kappa shape index (κ3) is 3.29. The molecule has 1 unspecified atom stereocenters. The van der Waals surface area contributed by atoms with E-state index in [9.17, 15) is 18.0 Å². The van der Waals surface area contributed by atoms with Crippen LogP contribution in [0.4, 0.5) is 19.1 Å². The van der Waals surface area contributed by atoms with Crippen LogP contribution in [0.25, 0.3) is 0 Å². The van der Waals surface area contributed by atoms with Gasteiger partial charge in [0.25, 0.3) is 0 Å². The fourth-order valence-corrected chi connectivity index (χ4v) is 1.71. The minimum Gasteiger partial charge on any atom is -0.481 e. The molecule has 10 heteroatoms. The van der Waals surface area contributed by atoms with Crippen molar-refractivity contribution in [1.82, 2.24) is 15.2 Å². The second-order valence-electron chi connectivity index (χ2n) is 2.75. The Labute approximate surface area is 91.4 Å². The van der Waals surface area contributed by atoms with Gasteiger partial charge in [0, 0.05) is 5.75 Å². The number of aromatic amines is 1. The van der Waals surface area contributed by atoms with E-state index in [0.717, 1.165) is 0 Å². The lowest BCUT2D eigenvalue weighted by atomic mass is 10.2. The molecule has 0 aliphatic carbocycles. The highest BCUT2D eigenvalue weighted by atomic mass is 32.2. The molecule has 1 heterocycles. The molecule has 0 spiro atoms. The normalized spacial score (nSPS) is 13.7. The maximum atomic E-state index is 12.2. The molecule has 0 fully saturated rings. The summed E-state index contributed by atoms with van der Waals surface area (Å²) in [6.45, 7) is 0. The number of nitrogens with two attached hydrogens (primary N) is 1. The number of hydrogen-bond donors (Lipinski definition) is 3. The molecule has 0 aliphatic rings. The Balaban J connectivity index is 2.61. The van der Waals surface area contributed by atoms with Gasteiger partial charge >= 0.3 is 12.1 Å². The van der Waals surface area contributed by atoms with Crippen molar-refractivity contribution in [3.05, 3.63) is 0 Å². The number of carbonyl (C=O) groups is 1. The first-order chi connectivity index (χ1) is 7.30. The summed E-state index contributed by atoms with van der Waals surface area (Å²) >= 11 is 0.570. The minimum absolute atomic E-state index is 0.0204. The molecule has 0 saturated heterocycles. The first-order valence-electron chi connectivity index (χ1n) is 3.91. The standard InChI is InChI=1S/C6H7F3N4O2S/c7-6(8,9)2(3(14)15)1-16-5-11-4(10)12-13-5/h2H,1H2,(H,14,15)(H3,10,11,12,13). The molecule has 0 saturated carbocycles. The Morgan fingerprint density at radius 1 is 1.62 bits per heavy atom. The summed E-state index contributed by atoms with van der Waals surface area (Å²) in [5.41, 5.74) is 5.15. The van der Waals surface area contributed by atoms with Crippen molar-refractivity contribution in [2.45, 2.75) is 11.3 Å². The van der Waals surface area contributed by atoms with E-state index in [0.29, 0.717) is 11.8 Å². The van der Waals surface area contributed by atoms with Gasteiger partial charge in [-0.25, -0.2) is 5.10 Å². The summed E-state index contributed by atoms with van der Waals surface area (Å²) in [6, 6.07) is 0. The molecule has 0 aromatic carbocycles. The van der Waals surface area contributed by atoms with Gasteiger partial charge < -0.3 is 10.8 Å². The smallest absolute Gasteiger partial charge is 0.403 e. The Hall–Kier alpha value is -1.45. The maximum Gasteiger partial charge on any atom is 0.403 e. The highest BCUT2D eigenvalue weighted by Gasteiger charge is 2.45. The third-order valence-corrected chi connectivity index (χ3v) is 2.50. The lowest BCUT2D eigenvalue weighted by Gasteiger charge is -2.14. The topological polar surface area (TPSA) is 105 Å². The Bertz CT molecular complexity index is 380. The Morgan fingerprint density at radius 2 is 2.25 bits per heavy atom. The predicted molar refractivity (Wildman–Crippen MR) is 48.7 cm³/mol. The van der Waals surface area contributed by atoms with Crippen LogP contribution in [0.2, 0.25) is 0 Å². The van der Waals surface area contributed by atoms with Crippen molar-refractivity contribution in [2.24, 2.45) is 5.92 Å². The first-order valence-corrected chi connectivity index (χ1v) is 4.89. The fraction of sp³-hybridized carbons (Fsp3) is 0.500. The van der Waals surface area contributed by atoms with Gasteiger partial charge in [0.15, 0.2) is 5.92 Å². The molecule has 0 bridgehead atoms. The number of carboxylic acids is 1. The van der Waals surface area contributed by atoms with Crippen LogP contribution in [0.15, 0.2) is 5.16 Å². The number of thioether (sulfide) groups is 1. The molecule has 6 nitrogen and oxygen atoms in total. The van der Waals surface area contributed by atoms with Gasteiger partial charge in [0.05, 0.1) is 0 Å². The largest absolute Gasteiger partial charge is 0.481 e. The summed E-state index contributed by atoms with van der Waals surface area (Å²) in [5.74, 6) is -5.11. The number of hydrogen-bond acceptors (Lipinski definition) is 5. The molecule has 16 heavy (non-hydrogen) atoms. The molecule has 0 aliphatic heterocycles. The zero-order valence-corrected chi connectivity index (χ0v) is 8.47. The lowest BCUT2D eigenvalue weighted by Crippen LogP contribution is -2.32. The Morgan fingerprint density at radius 3 is 2.62 bits per heavy atom. The average molecular weight is 256 g/mol. The van der Waals surface area contributed by atoms with Crippen molar-refractivity contribution in [3.63, 3.8) is 0 Å². The molecule has 0 amide bonds. The summed E-state index contributed by atoms with van der Waals surface area (Å²) in [6.07, 6.45) is -4.79. The van der Waals surface area contributed by atoms with Gasteiger partial charge in [0.1, 0.15) is 0 Å². The molecular weight excluding hydrogens is 249 g/mol.